The Balaban J connectivity index is 1.70. The summed E-state index contributed by atoms with van der Waals surface area (Å²) >= 11 is 0. The molecule has 0 saturated carbocycles. The minimum absolute atomic E-state index is 0.0136. The first kappa shape index (κ1) is 18.7. The van der Waals surface area contributed by atoms with Crippen LogP contribution in [-0.4, -0.2) is 49.5 Å². The van der Waals surface area contributed by atoms with E-state index in [0.717, 1.165) is 51.9 Å². The number of aromatic carboxylic acids is 1. The number of hydrogen-bond donors (Lipinski definition) is 2. The molecule has 2 N–H and O–H groups in total. The summed E-state index contributed by atoms with van der Waals surface area (Å²) in [7, 11) is 1.36. The standard InChI is InChI=1S/C20H24FN3O4/c1-27-15-11-13(3-4-14(15)21)17-16(19(25)26)18(23-28-17)24-10-2-5-20(12-24)6-8-22-9-7-20/h3-4,11,22H,2,5-10,12H2,1H3,(H,25,26). The molecule has 3 heterocycles. The molecule has 8 heteroatoms. The Hall–Kier alpha value is -2.61. The highest BCUT2D eigenvalue weighted by Gasteiger charge is 2.39. The molecule has 0 unspecified atom stereocenters. The number of anilines is 1. The summed E-state index contributed by atoms with van der Waals surface area (Å²) in [5.74, 6) is -1.14. The molecule has 2 aliphatic heterocycles. The van der Waals surface area contributed by atoms with Crippen molar-refractivity contribution in [3.05, 3.63) is 29.6 Å². The normalized spacial score (nSPS) is 19.0. The van der Waals surface area contributed by atoms with E-state index in [-0.39, 0.29) is 22.5 Å². The topological polar surface area (TPSA) is 87.8 Å². The van der Waals surface area contributed by atoms with Crippen LogP contribution < -0.4 is 15.0 Å². The van der Waals surface area contributed by atoms with E-state index in [1.165, 1.54) is 25.3 Å². The maximum atomic E-state index is 13.7. The second-order valence-electron chi connectivity index (χ2n) is 7.64. The van der Waals surface area contributed by atoms with Crippen LogP contribution in [0.25, 0.3) is 11.3 Å². The molecule has 28 heavy (non-hydrogen) atoms. The van der Waals surface area contributed by atoms with Gasteiger partial charge in [-0.1, -0.05) is 5.16 Å². The average molecular weight is 389 g/mol. The van der Waals surface area contributed by atoms with Crippen molar-refractivity contribution in [2.45, 2.75) is 25.7 Å². The van der Waals surface area contributed by atoms with Crippen LogP contribution in [0, 0.1) is 11.2 Å². The van der Waals surface area contributed by atoms with Crippen molar-refractivity contribution in [2.75, 3.05) is 38.2 Å². The van der Waals surface area contributed by atoms with Gasteiger partial charge in [0.25, 0.3) is 0 Å². The van der Waals surface area contributed by atoms with E-state index in [1.807, 2.05) is 4.90 Å². The summed E-state index contributed by atoms with van der Waals surface area (Å²) in [6.45, 7) is 3.49. The van der Waals surface area contributed by atoms with Crippen molar-refractivity contribution < 1.29 is 23.6 Å². The van der Waals surface area contributed by atoms with Gasteiger partial charge in [-0.3, -0.25) is 0 Å². The van der Waals surface area contributed by atoms with Crippen molar-refractivity contribution >= 4 is 11.8 Å². The average Bonchev–Trinajstić information content (AvgIpc) is 3.14. The summed E-state index contributed by atoms with van der Waals surface area (Å²) in [6, 6.07) is 4.13. The van der Waals surface area contributed by atoms with Crippen LogP contribution in [0.2, 0.25) is 0 Å². The molecular weight excluding hydrogens is 365 g/mol. The Morgan fingerprint density at radius 3 is 2.86 bits per heavy atom. The first-order valence-electron chi connectivity index (χ1n) is 9.55. The molecule has 0 radical (unpaired) electrons. The SMILES string of the molecule is COc1cc(-c2onc(N3CCCC4(CCNCC4)C3)c2C(=O)O)ccc1F. The molecule has 4 rings (SSSR count). The van der Waals surface area contributed by atoms with Crippen LogP contribution in [0.15, 0.2) is 22.7 Å². The Bertz CT molecular complexity index is 871. The molecule has 7 nitrogen and oxygen atoms in total. The van der Waals surface area contributed by atoms with Crippen LogP contribution in [-0.2, 0) is 0 Å². The Kier molecular flexibility index (Phi) is 4.97. The summed E-state index contributed by atoms with van der Waals surface area (Å²) in [5.41, 5.74) is 0.625. The second kappa shape index (κ2) is 7.43. The lowest BCUT2D eigenvalue weighted by Gasteiger charge is -2.45. The fraction of sp³-hybridized carbons (Fsp3) is 0.500. The molecule has 0 amide bonds. The van der Waals surface area contributed by atoms with Crippen molar-refractivity contribution in [1.29, 1.82) is 0 Å². The molecule has 150 valence electrons. The van der Waals surface area contributed by atoms with Gasteiger partial charge < -0.3 is 24.6 Å². The van der Waals surface area contributed by atoms with Crippen molar-refractivity contribution in [3.8, 4) is 17.1 Å². The molecule has 1 aromatic carbocycles. The zero-order chi connectivity index (χ0) is 19.7. The third-order valence-corrected chi connectivity index (χ3v) is 5.93. The van der Waals surface area contributed by atoms with Gasteiger partial charge in [-0.15, -0.1) is 0 Å². The number of carbonyl (C=O) groups is 1. The predicted molar refractivity (Wildman–Crippen MR) is 101 cm³/mol. The monoisotopic (exact) mass is 389 g/mol. The van der Waals surface area contributed by atoms with E-state index in [4.69, 9.17) is 9.26 Å². The number of methoxy groups -OCH3 is 1. The maximum absolute atomic E-state index is 13.7. The van der Waals surface area contributed by atoms with E-state index >= 15 is 0 Å². The fourth-order valence-corrected chi connectivity index (χ4v) is 4.44. The summed E-state index contributed by atoms with van der Waals surface area (Å²) < 4.78 is 24.2. The van der Waals surface area contributed by atoms with Crippen LogP contribution >= 0.6 is 0 Å². The first-order chi connectivity index (χ1) is 13.5. The molecule has 2 aliphatic rings. The number of rotatable bonds is 4. The number of nitrogens with zero attached hydrogens (tertiary/aromatic N) is 2. The second-order valence-corrected chi connectivity index (χ2v) is 7.64. The number of benzene rings is 1. The number of piperidine rings is 2. The van der Waals surface area contributed by atoms with E-state index in [1.54, 1.807) is 0 Å². The van der Waals surface area contributed by atoms with Gasteiger partial charge in [-0.05, 0) is 62.4 Å². The zero-order valence-corrected chi connectivity index (χ0v) is 15.8. The Morgan fingerprint density at radius 2 is 2.14 bits per heavy atom. The molecule has 2 fully saturated rings. The van der Waals surface area contributed by atoms with Gasteiger partial charge in [0.15, 0.2) is 28.7 Å². The van der Waals surface area contributed by atoms with Crippen LogP contribution in [0.1, 0.15) is 36.0 Å². The van der Waals surface area contributed by atoms with E-state index in [0.29, 0.717) is 11.4 Å². The number of nitrogens with one attached hydrogen (secondary N) is 1. The Morgan fingerprint density at radius 1 is 1.36 bits per heavy atom. The lowest BCUT2D eigenvalue weighted by Crippen LogP contribution is -2.49. The fourth-order valence-electron chi connectivity index (χ4n) is 4.44. The third kappa shape index (κ3) is 3.32. The van der Waals surface area contributed by atoms with Gasteiger partial charge in [0.2, 0.25) is 0 Å². The highest BCUT2D eigenvalue weighted by Crippen LogP contribution is 2.41. The van der Waals surface area contributed by atoms with Gasteiger partial charge in [-0.25, -0.2) is 9.18 Å². The largest absolute Gasteiger partial charge is 0.494 e. The molecule has 2 aromatic rings. The van der Waals surface area contributed by atoms with Gasteiger partial charge in [0.05, 0.1) is 7.11 Å². The lowest BCUT2D eigenvalue weighted by atomic mass is 9.73. The third-order valence-electron chi connectivity index (χ3n) is 5.93. The quantitative estimate of drug-likeness (QED) is 0.830. The first-order valence-corrected chi connectivity index (χ1v) is 9.55. The highest BCUT2D eigenvalue weighted by atomic mass is 19.1. The molecule has 1 spiro atoms. The predicted octanol–water partition coefficient (Wildman–Crippen LogP) is 3.16. The molecule has 0 bridgehead atoms. The van der Waals surface area contributed by atoms with Crippen molar-refractivity contribution in [3.63, 3.8) is 0 Å². The molecule has 0 aliphatic carbocycles. The number of carboxylic acid groups (broad SMARTS) is 1. The summed E-state index contributed by atoms with van der Waals surface area (Å²) in [6.07, 6.45) is 4.29. The molecule has 1 aromatic heterocycles. The minimum Gasteiger partial charge on any atom is -0.494 e. The number of halogens is 1. The Labute approximate surface area is 162 Å². The van der Waals surface area contributed by atoms with Crippen LogP contribution in [0.4, 0.5) is 10.2 Å². The zero-order valence-electron chi connectivity index (χ0n) is 15.8. The van der Waals surface area contributed by atoms with Gasteiger partial charge >= 0.3 is 5.97 Å². The van der Waals surface area contributed by atoms with Crippen LogP contribution in [0.3, 0.4) is 0 Å². The number of carboxylic acids is 1. The lowest BCUT2D eigenvalue weighted by molar-refractivity contribution is 0.0697. The maximum Gasteiger partial charge on any atom is 0.343 e. The number of ether oxygens (including phenoxy) is 1. The number of hydrogen-bond acceptors (Lipinski definition) is 6. The van der Waals surface area contributed by atoms with Crippen molar-refractivity contribution in [2.24, 2.45) is 5.41 Å². The molecular formula is C20H24FN3O4. The van der Waals surface area contributed by atoms with E-state index in [2.05, 4.69) is 10.5 Å². The molecule has 0 atom stereocenters. The van der Waals surface area contributed by atoms with Gasteiger partial charge in [-0.2, -0.15) is 0 Å². The van der Waals surface area contributed by atoms with Gasteiger partial charge in [0.1, 0.15) is 0 Å². The number of aromatic nitrogens is 1. The van der Waals surface area contributed by atoms with Crippen molar-refractivity contribution in [1.82, 2.24) is 10.5 Å². The van der Waals surface area contributed by atoms with Crippen LogP contribution in [0.5, 0.6) is 5.75 Å². The van der Waals surface area contributed by atoms with E-state index < -0.39 is 11.8 Å². The highest BCUT2D eigenvalue weighted by molar-refractivity contribution is 5.99. The smallest absolute Gasteiger partial charge is 0.343 e. The van der Waals surface area contributed by atoms with Gasteiger partial charge in [0, 0.05) is 18.7 Å². The minimum atomic E-state index is -1.11. The molecule has 2 saturated heterocycles. The summed E-state index contributed by atoms with van der Waals surface area (Å²) in [5, 5.41) is 17.4. The van der Waals surface area contributed by atoms with E-state index in [9.17, 15) is 14.3 Å². The summed E-state index contributed by atoms with van der Waals surface area (Å²) in [4.78, 5) is 14.1.